The lowest BCUT2D eigenvalue weighted by molar-refractivity contribution is -0.115. The number of anilines is 2. The van der Waals surface area contributed by atoms with Crippen molar-refractivity contribution < 1.29 is 18.4 Å². The first kappa shape index (κ1) is 18.8. The van der Waals surface area contributed by atoms with E-state index in [4.69, 9.17) is 0 Å². The van der Waals surface area contributed by atoms with E-state index in [1.165, 1.54) is 6.42 Å². The third-order valence-electron chi connectivity index (χ3n) is 4.30. The molecule has 0 spiro atoms. The number of hydrogen-bond donors (Lipinski definition) is 2. The summed E-state index contributed by atoms with van der Waals surface area (Å²) < 4.78 is 26.4. The van der Waals surface area contributed by atoms with E-state index in [2.05, 4.69) is 20.5 Å². The summed E-state index contributed by atoms with van der Waals surface area (Å²) in [6.07, 6.45) is 5.09. The normalized spacial score (nSPS) is 13.9. The molecular formula is C19H20F2N4O2. The molecule has 0 bridgehead atoms. The first-order valence-corrected chi connectivity index (χ1v) is 8.77. The molecule has 1 aromatic carbocycles. The van der Waals surface area contributed by atoms with Crippen LogP contribution in [0.4, 0.5) is 20.3 Å². The molecule has 0 saturated carbocycles. The number of hydrogen-bond acceptors (Lipinski definition) is 4. The summed E-state index contributed by atoms with van der Waals surface area (Å²) in [5, 5.41) is 4.91. The molecule has 1 saturated heterocycles. The number of piperidine rings is 1. The maximum absolute atomic E-state index is 13.5. The zero-order valence-corrected chi connectivity index (χ0v) is 14.7. The third-order valence-corrected chi connectivity index (χ3v) is 4.30. The van der Waals surface area contributed by atoms with Crippen LogP contribution in [0, 0.1) is 11.6 Å². The highest BCUT2D eigenvalue weighted by molar-refractivity contribution is 5.99. The van der Waals surface area contributed by atoms with Gasteiger partial charge in [-0.25, -0.2) is 13.8 Å². The molecule has 142 valence electrons. The van der Waals surface area contributed by atoms with Crippen LogP contribution in [0.5, 0.6) is 0 Å². The lowest BCUT2D eigenvalue weighted by atomic mass is 10.1. The lowest BCUT2D eigenvalue weighted by Crippen LogP contribution is -2.33. The SMILES string of the molecule is O=C(CNC(=O)c1ccc(F)cc1F)Nc1ccc(N2CCCCC2)nc1. The van der Waals surface area contributed by atoms with Crippen molar-refractivity contribution in [1.82, 2.24) is 10.3 Å². The lowest BCUT2D eigenvalue weighted by Gasteiger charge is -2.27. The standard InChI is InChI=1S/C19H20F2N4O2/c20-13-4-6-15(16(21)10-13)19(27)23-12-18(26)24-14-5-7-17(22-11-14)25-8-2-1-3-9-25/h4-7,10-11H,1-3,8-9,12H2,(H,23,27)(H,24,26). The van der Waals surface area contributed by atoms with Crippen molar-refractivity contribution in [3.8, 4) is 0 Å². The molecule has 6 nitrogen and oxygen atoms in total. The number of pyridine rings is 1. The minimum atomic E-state index is -0.981. The van der Waals surface area contributed by atoms with E-state index < -0.39 is 23.4 Å². The number of amides is 2. The average Bonchev–Trinajstić information content (AvgIpc) is 2.67. The maximum Gasteiger partial charge on any atom is 0.254 e. The molecule has 1 aliphatic heterocycles. The minimum Gasteiger partial charge on any atom is -0.357 e. The maximum atomic E-state index is 13.5. The highest BCUT2D eigenvalue weighted by Crippen LogP contribution is 2.18. The van der Waals surface area contributed by atoms with Crippen molar-refractivity contribution in [3.63, 3.8) is 0 Å². The fourth-order valence-electron chi connectivity index (χ4n) is 2.90. The Hall–Kier alpha value is -3.03. The molecule has 0 aliphatic carbocycles. The molecule has 0 atom stereocenters. The quantitative estimate of drug-likeness (QED) is 0.844. The first-order valence-electron chi connectivity index (χ1n) is 8.77. The topological polar surface area (TPSA) is 74.3 Å². The summed E-state index contributed by atoms with van der Waals surface area (Å²) in [6.45, 7) is 1.61. The summed E-state index contributed by atoms with van der Waals surface area (Å²) in [5.41, 5.74) is 0.180. The number of nitrogens with one attached hydrogen (secondary N) is 2. The predicted molar refractivity (Wildman–Crippen MR) is 97.6 cm³/mol. The van der Waals surface area contributed by atoms with E-state index >= 15 is 0 Å². The number of benzene rings is 1. The molecule has 2 aromatic rings. The predicted octanol–water partition coefficient (Wildman–Crippen LogP) is 2.72. The first-order chi connectivity index (χ1) is 13.0. The zero-order valence-electron chi connectivity index (χ0n) is 14.7. The molecule has 0 radical (unpaired) electrons. The van der Waals surface area contributed by atoms with Gasteiger partial charge in [-0.1, -0.05) is 0 Å². The Balaban J connectivity index is 1.50. The summed E-state index contributed by atoms with van der Waals surface area (Å²) in [7, 11) is 0. The van der Waals surface area contributed by atoms with E-state index in [0.717, 1.165) is 43.9 Å². The van der Waals surface area contributed by atoms with Crippen LogP contribution in [0.2, 0.25) is 0 Å². The molecule has 2 N–H and O–H groups in total. The van der Waals surface area contributed by atoms with Crippen molar-refractivity contribution in [1.29, 1.82) is 0 Å². The molecule has 1 fully saturated rings. The second-order valence-corrected chi connectivity index (χ2v) is 6.31. The summed E-state index contributed by atoms with van der Waals surface area (Å²) in [4.78, 5) is 30.4. The van der Waals surface area contributed by atoms with Crippen LogP contribution in [-0.4, -0.2) is 36.4 Å². The van der Waals surface area contributed by atoms with E-state index in [9.17, 15) is 18.4 Å². The van der Waals surface area contributed by atoms with E-state index in [-0.39, 0.29) is 12.1 Å². The van der Waals surface area contributed by atoms with Crippen LogP contribution in [0.3, 0.4) is 0 Å². The number of rotatable bonds is 5. The van der Waals surface area contributed by atoms with E-state index in [1.807, 2.05) is 6.07 Å². The number of halogens is 2. The number of nitrogens with zero attached hydrogens (tertiary/aromatic N) is 2. The summed E-state index contributed by atoms with van der Waals surface area (Å²) in [5.74, 6) is -2.15. The third kappa shape index (κ3) is 4.99. The van der Waals surface area contributed by atoms with Gasteiger partial charge in [0.05, 0.1) is 24.0 Å². The van der Waals surface area contributed by atoms with Crippen molar-refractivity contribution in [2.24, 2.45) is 0 Å². The van der Waals surface area contributed by atoms with Gasteiger partial charge in [0.15, 0.2) is 0 Å². The largest absolute Gasteiger partial charge is 0.357 e. The molecule has 2 heterocycles. The van der Waals surface area contributed by atoms with Crippen LogP contribution in [-0.2, 0) is 4.79 Å². The average molecular weight is 374 g/mol. The Bertz CT molecular complexity index is 821. The van der Waals surface area contributed by atoms with Crippen molar-refractivity contribution >= 4 is 23.3 Å². The van der Waals surface area contributed by atoms with Gasteiger partial charge in [-0.05, 0) is 43.5 Å². The molecule has 3 rings (SSSR count). The summed E-state index contributed by atoms with van der Waals surface area (Å²) in [6, 6.07) is 6.21. The molecule has 0 unspecified atom stereocenters. The Morgan fingerprint density at radius 3 is 2.52 bits per heavy atom. The van der Waals surface area contributed by atoms with Gasteiger partial charge in [0.2, 0.25) is 5.91 Å². The Morgan fingerprint density at radius 1 is 1.07 bits per heavy atom. The minimum absolute atomic E-state index is 0.322. The van der Waals surface area contributed by atoms with Crippen LogP contribution in [0.25, 0.3) is 0 Å². The van der Waals surface area contributed by atoms with Crippen LogP contribution >= 0.6 is 0 Å². The van der Waals surface area contributed by atoms with Gasteiger partial charge in [0.25, 0.3) is 5.91 Å². The molecule has 27 heavy (non-hydrogen) atoms. The Labute approximate surface area is 155 Å². The molecule has 2 amide bonds. The van der Waals surface area contributed by atoms with Gasteiger partial charge in [-0.3, -0.25) is 9.59 Å². The molecule has 8 heteroatoms. The number of carbonyl (C=O) groups excluding carboxylic acids is 2. The molecule has 1 aliphatic rings. The molecular weight excluding hydrogens is 354 g/mol. The Kier molecular flexibility index (Phi) is 5.95. The zero-order chi connectivity index (χ0) is 19.2. The highest BCUT2D eigenvalue weighted by Gasteiger charge is 2.14. The van der Waals surface area contributed by atoms with Crippen LogP contribution in [0.1, 0.15) is 29.6 Å². The van der Waals surface area contributed by atoms with Gasteiger partial charge in [-0.2, -0.15) is 0 Å². The second-order valence-electron chi connectivity index (χ2n) is 6.31. The van der Waals surface area contributed by atoms with Crippen LogP contribution in [0.15, 0.2) is 36.5 Å². The van der Waals surface area contributed by atoms with Crippen LogP contribution < -0.4 is 15.5 Å². The fraction of sp³-hybridized carbons (Fsp3) is 0.316. The number of aromatic nitrogens is 1. The van der Waals surface area contributed by atoms with Gasteiger partial charge in [-0.15, -0.1) is 0 Å². The van der Waals surface area contributed by atoms with Gasteiger partial charge in [0.1, 0.15) is 17.5 Å². The second kappa shape index (κ2) is 8.57. The van der Waals surface area contributed by atoms with Crippen molar-refractivity contribution in [2.75, 3.05) is 29.9 Å². The smallest absolute Gasteiger partial charge is 0.254 e. The van der Waals surface area contributed by atoms with E-state index in [0.29, 0.717) is 11.8 Å². The van der Waals surface area contributed by atoms with Crippen molar-refractivity contribution in [2.45, 2.75) is 19.3 Å². The van der Waals surface area contributed by atoms with Gasteiger partial charge >= 0.3 is 0 Å². The number of carbonyl (C=O) groups is 2. The fourth-order valence-corrected chi connectivity index (χ4v) is 2.90. The Morgan fingerprint density at radius 2 is 1.85 bits per heavy atom. The van der Waals surface area contributed by atoms with Crippen molar-refractivity contribution in [3.05, 3.63) is 53.7 Å². The summed E-state index contributed by atoms with van der Waals surface area (Å²) >= 11 is 0. The highest BCUT2D eigenvalue weighted by atomic mass is 19.1. The monoisotopic (exact) mass is 374 g/mol. The van der Waals surface area contributed by atoms with Gasteiger partial charge < -0.3 is 15.5 Å². The van der Waals surface area contributed by atoms with Gasteiger partial charge in [0, 0.05) is 19.2 Å². The molecule has 1 aromatic heterocycles. The van der Waals surface area contributed by atoms with E-state index in [1.54, 1.807) is 12.3 Å².